The predicted molar refractivity (Wildman–Crippen MR) is 81.9 cm³/mol. The second-order valence-electron chi connectivity index (χ2n) is 4.59. The smallest absolute Gasteiger partial charge is 0.161 e. The normalized spacial score (nSPS) is 10.2. The number of nitrogen functional groups attached to an aromatic ring is 1. The van der Waals surface area contributed by atoms with E-state index in [1.54, 1.807) is 19.2 Å². The Kier molecular flexibility index (Phi) is 3.94. The standard InChI is InChI=1S/C16H18N2O2/c1-11(19)15-10-13(7-8-16(15)17)18(2)12-5-4-6-14(9-12)20-3/h4-10H,17H2,1-3H3. The van der Waals surface area contributed by atoms with Crippen molar-refractivity contribution in [3.8, 4) is 5.75 Å². The van der Waals surface area contributed by atoms with Crippen LogP contribution in [0.15, 0.2) is 42.5 Å². The molecular formula is C16H18N2O2. The third-order valence-corrected chi connectivity index (χ3v) is 3.24. The minimum Gasteiger partial charge on any atom is -0.497 e. The largest absolute Gasteiger partial charge is 0.497 e. The maximum absolute atomic E-state index is 11.6. The summed E-state index contributed by atoms with van der Waals surface area (Å²) in [5.74, 6) is 0.750. The SMILES string of the molecule is COc1cccc(N(C)c2ccc(N)c(C(C)=O)c2)c1. The summed E-state index contributed by atoms with van der Waals surface area (Å²) in [4.78, 5) is 13.5. The molecule has 2 N–H and O–H groups in total. The first kappa shape index (κ1) is 13.9. The Labute approximate surface area is 118 Å². The summed E-state index contributed by atoms with van der Waals surface area (Å²) < 4.78 is 5.22. The van der Waals surface area contributed by atoms with E-state index < -0.39 is 0 Å². The van der Waals surface area contributed by atoms with E-state index in [-0.39, 0.29) is 5.78 Å². The van der Waals surface area contributed by atoms with Gasteiger partial charge in [0.05, 0.1) is 7.11 Å². The fraction of sp³-hybridized carbons (Fsp3) is 0.188. The van der Waals surface area contributed by atoms with Crippen molar-refractivity contribution in [2.75, 3.05) is 24.8 Å². The molecule has 2 aromatic rings. The number of ketones is 1. The molecule has 104 valence electrons. The molecule has 0 aliphatic rings. The number of carbonyl (C=O) groups is 1. The second-order valence-corrected chi connectivity index (χ2v) is 4.59. The molecule has 0 aliphatic heterocycles. The Balaban J connectivity index is 2.40. The maximum Gasteiger partial charge on any atom is 0.161 e. The van der Waals surface area contributed by atoms with Crippen molar-refractivity contribution < 1.29 is 9.53 Å². The summed E-state index contributed by atoms with van der Waals surface area (Å²) in [6.45, 7) is 1.51. The van der Waals surface area contributed by atoms with Gasteiger partial charge in [0.2, 0.25) is 0 Å². The van der Waals surface area contributed by atoms with Crippen LogP contribution in [0.25, 0.3) is 0 Å². The zero-order chi connectivity index (χ0) is 14.7. The molecule has 4 heteroatoms. The van der Waals surface area contributed by atoms with Crippen LogP contribution in [-0.4, -0.2) is 19.9 Å². The molecule has 20 heavy (non-hydrogen) atoms. The number of benzene rings is 2. The molecule has 0 atom stereocenters. The highest BCUT2D eigenvalue weighted by atomic mass is 16.5. The second kappa shape index (κ2) is 5.65. The van der Waals surface area contributed by atoms with E-state index in [9.17, 15) is 4.79 Å². The van der Waals surface area contributed by atoms with Crippen molar-refractivity contribution in [3.05, 3.63) is 48.0 Å². The number of hydrogen-bond donors (Lipinski definition) is 1. The molecule has 0 aromatic heterocycles. The first-order valence-corrected chi connectivity index (χ1v) is 6.31. The van der Waals surface area contributed by atoms with E-state index in [4.69, 9.17) is 10.5 Å². The highest BCUT2D eigenvalue weighted by Crippen LogP contribution is 2.29. The molecule has 2 aromatic carbocycles. The molecule has 0 saturated carbocycles. The van der Waals surface area contributed by atoms with Crippen LogP contribution in [0.2, 0.25) is 0 Å². The zero-order valence-electron chi connectivity index (χ0n) is 11.9. The Morgan fingerprint density at radius 2 is 1.85 bits per heavy atom. The van der Waals surface area contributed by atoms with Gasteiger partial charge in [-0.1, -0.05) is 6.07 Å². The lowest BCUT2D eigenvalue weighted by Crippen LogP contribution is -2.11. The van der Waals surface area contributed by atoms with Gasteiger partial charge < -0.3 is 15.4 Å². The number of nitrogens with zero attached hydrogens (tertiary/aromatic N) is 1. The third-order valence-electron chi connectivity index (χ3n) is 3.24. The molecule has 0 heterocycles. The quantitative estimate of drug-likeness (QED) is 0.684. The molecule has 0 aliphatic carbocycles. The number of methoxy groups -OCH3 is 1. The molecular weight excluding hydrogens is 252 g/mol. The molecule has 2 rings (SSSR count). The van der Waals surface area contributed by atoms with Gasteiger partial charge in [-0.05, 0) is 37.3 Å². The van der Waals surface area contributed by atoms with Crippen LogP contribution < -0.4 is 15.4 Å². The van der Waals surface area contributed by atoms with Crippen LogP contribution in [-0.2, 0) is 0 Å². The number of anilines is 3. The van der Waals surface area contributed by atoms with E-state index in [0.29, 0.717) is 11.3 Å². The van der Waals surface area contributed by atoms with E-state index >= 15 is 0 Å². The monoisotopic (exact) mass is 270 g/mol. The van der Waals surface area contributed by atoms with Gasteiger partial charge >= 0.3 is 0 Å². The number of nitrogens with two attached hydrogens (primary N) is 1. The van der Waals surface area contributed by atoms with E-state index in [1.807, 2.05) is 42.3 Å². The number of ether oxygens (including phenoxy) is 1. The number of rotatable bonds is 4. The van der Waals surface area contributed by atoms with Crippen LogP contribution in [0.3, 0.4) is 0 Å². The molecule has 0 fully saturated rings. The van der Waals surface area contributed by atoms with Gasteiger partial charge in [0.25, 0.3) is 0 Å². The average Bonchev–Trinajstić information content (AvgIpc) is 2.46. The van der Waals surface area contributed by atoms with Gasteiger partial charge in [0.1, 0.15) is 5.75 Å². The minimum atomic E-state index is -0.0385. The molecule has 0 unspecified atom stereocenters. The Morgan fingerprint density at radius 3 is 2.50 bits per heavy atom. The van der Waals surface area contributed by atoms with Crippen LogP contribution in [0, 0.1) is 0 Å². The number of Topliss-reactive ketones (excluding diaryl/α,β-unsaturated/α-hetero) is 1. The van der Waals surface area contributed by atoms with Crippen LogP contribution >= 0.6 is 0 Å². The summed E-state index contributed by atoms with van der Waals surface area (Å²) >= 11 is 0. The maximum atomic E-state index is 11.6. The van der Waals surface area contributed by atoms with Crippen molar-refractivity contribution in [2.24, 2.45) is 0 Å². The van der Waals surface area contributed by atoms with Crippen LogP contribution in [0.1, 0.15) is 17.3 Å². The van der Waals surface area contributed by atoms with E-state index in [1.165, 1.54) is 6.92 Å². The van der Waals surface area contributed by atoms with Crippen molar-refractivity contribution in [2.45, 2.75) is 6.92 Å². The Bertz CT molecular complexity index is 638. The first-order valence-electron chi connectivity index (χ1n) is 6.31. The van der Waals surface area contributed by atoms with E-state index in [2.05, 4.69) is 0 Å². The molecule has 0 spiro atoms. The molecule has 0 amide bonds. The Hall–Kier alpha value is -2.49. The van der Waals surface area contributed by atoms with Crippen molar-refractivity contribution in [1.82, 2.24) is 0 Å². The van der Waals surface area contributed by atoms with Gasteiger partial charge in [-0.3, -0.25) is 4.79 Å². The lowest BCUT2D eigenvalue weighted by molar-refractivity contribution is 0.101. The lowest BCUT2D eigenvalue weighted by Gasteiger charge is -2.21. The number of carbonyl (C=O) groups excluding carboxylic acids is 1. The average molecular weight is 270 g/mol. The summed E-state index contributed by atoms with van der Waals surface area (Å²) in [5, 5.41) is 0. The van der Waals surface area contributed by atoms with Crippen LogP contribution in [0.5, 0.6) is 5.75 Å². The molecule has 4 nitrogen and oxygen atoms in total. The highest BCUT2D eigenvalue weighted by Gasteiger charge is 2.10. The topological polar surface area (TPSA) is 55.6 Å². The first-order chi connectivity index (χ1) is 9.52. The van der Waals surface area contributed by atoms with Gasteiger partial charge in [-0.15, -0.1) is 0 Å². The van der Waals surface area contributed by atoms with Crippen molar-refractivity contribution in [1.29, 1.82) is 0 Å². The summed E-state index contributed by atoms with van der Waals surface area (Å²) in [5.41, 5.74) is 8.73. The van der Waals surface area contributed by atoms with Crippen molar-refractivity contribution >= 4 is 22.8 Å². The van der Waals surface area contributed by atoms with Crippen LogP contribution in [0.4, 0.5) is 17.1 Å². The minimum absolute atomic E-state index is 0.0385. The Morgan fingerprint density at radius 1 is 1.15 bits per heavy atom. The zero-order valence-corrected chi connectivity index (χ0v) is 11.9. The molecule has 0 saturated heterocycles. The summed E-state index contributed by atoms with van der Waals surface area (Å²) in [7, 11) is 3.57. The predicted octanol–water partition coefficient (Wildman–Crippen LogP) is 3.25. The lowest BCUT2D eigenvalue weighted by atomic mass is 10.1. The fourth-order valence-corrected chi connectivity index (χ4v) is 2.03. The molecule has 0 bridgehead atoms. The van der Waals surface area contributed by atoms with E-state index in [0.717, 1.165) is 17.1 Å². The van der Waals surface area contributed by atoms with Gasteiger partial charge in [0.15, 0.2) is 5.78 Å². The van der Waals surface area contributed by atoms with Gasteiger partial charge in [-0.25, -0.2) is 0 Å². The highest BCUT2D eigenvalue weighted by molar-refractivity contribution is 6.00. The third kappa shape index (κ3) is 2.74. The van der Waals surface area contributed by atoms with Gasteiger partial charge in [-0.2, -0.15) is 0 Å². The van der Waals surface area contributed by atoms with Crippen molar-refractivity contribution in [3.63, 3.8) is 0 Å². The van der Waals surface area contributed by atoms with Gasteiger partial charge in [0, 0.05) is 35.7 Å². The number of hydrogen-bond acceptors (Lipinski definition) is 4. The summed E-state index contributed by atoms with van der Waals surface area (Å²) in [6, 6.07) is 13.2. The molecule has 0 radical (unpaired) electrons. The summed E-state index contributed by atoms with van der Waals surface area (Å²) in [6.07, 6.45) is 0. The fourth-order valence-electron chi connectivity index (χ4n) is 2.03.